The zero-order valence-electron chi connectivity index (χ0n) is 9.84. The van der Waals surface area contributed by atoms with Gasteiger partial charge in [0.05, 0.1) is 10.5 Å². The van der Waals surface area contributed by atoms with E-state index in [2.05, 4.69) is 15.6 Å². The summed E-state index contributed by atoms with van der Waals surface area (Å²) in [6.45, 7) is 1.29. The molecule has 0 aliphatic carbocycles. The summed E-state index contributed by atoms with van der Waals surface area (Å²) in [5, 5.41) is 25.3. The Morgan fingerprint density at radius 3 is 2.83 bits per heavy atom. The molecule has 0 saturated carbocycles. The van der Waals surface area contributed by atoms with Crippen molar-refractivity contribution in [1.82, 2.24) is 10.3 Å². The van der Waals surface area contributed by atoms with Crippen LogP contribution in [-0.4, -0.2) is 41.1 Å². The smallest absolute Gasteiger partial charge is 0.337 e. The number of nitrogens with one attached hydrogen (secondary N) is 2. The van der Waals surface area contributed by atoms with E-state index in [1.165, 1.54) is 0 Å². The molecular formula is C10H14N4O4. The zero-order valence-corrected chi connectivity index (χ0v) is 9.84. The highest BCUT2D eigenvalue weighted by molar-refractivity contribution is 5.88. The first-order valence-electron chi connectivity index (χ1n) is 5.32. The molecule has 1 aromatic heterocycles. The number of carboxylic acid groups (broad SMARTS) is 1. The van der Waals surface area contributed by atoms with E-state index in [1.54, 1.807) is 0 Å². The Labute approximate surface area is 103 Å². The van der Waals surface area contributed by atoms with E-state index in [-0.39, 0.29) is 17.1 Å². The van der Waals surface area contributed by atoms with E-state index >= 15 is 0 Å². The Morgan fingerprint density at radius 1 is 1.56 bits per heavy atom. The van der Waals surface area contributed by atoms with Gasteiger partial charge in [-0.2, -0.15) is 0 Å². The van der Waals surface area contributed by atoms with Crippen LogP contribution < -0.4 is 10.6 Å². The molecule has 0 aliphatic rings. The Bertz CT molecular complexity index is 450. The van der Waals surface area contributed by atoms with Crippen LogP contribution in [0, 0.1) is 10.1 Å². The summed E-state index contributed by atoms with van der Waals surface area (Å²) in [6.07, 6.45) is 1.87. The fourth-order valence-corrected chi connectivity index (χ4v) is 1.32. The molecule has 18 heavy (non-hydrogen) atoms. The fraction of sp³-hybridized carbons (Fsp3) is 0.400. The lowest BCUT2D eigenvalue weighted by Crippen LogP contribution is -2.14. The molecule has 0 fully saturated rings. The summed E-state index contributed by atoms with van der Waals surface area (Å²) in [7, 11) is 1.81. The summed E-state index contributed by atoms with van der Waals surface area (Å²) in [4.78, 5) is 24.6. The lowest BCUT2D eigenvalue weighted by molar-refractivity contribution is -0.384. The molecule has 1 aromatic rings. The van der Waals surface area contributed by atoms with Gasteiger partial charge in [-0.15, -0.1) is 0 Å². The SMILES string of the molecule is CNCCCNc1ncc(C(=O)O)cc1[N+](=O)[O-]. The third-order valence-electron chi connectivity index (χ3n) is 2.21. The first kappa shape index (κ1) is 13.8. The molecule has 0 aliphatic heterocycles. The normalized spacial score (nSPS) is 10.1. The molecule has 3 N–H and O–H groups in total. The van der Waals surface area contributed by atoms with Crippen LogP contribution in [0.5, 0.6) is 0 Å². The number of aromatic nitrogens is 1. The van der Waals surface area contributed by atoms with Gasteiger partial charge >= 0.3 is 11.7 Å². The molecule has 0 spiro atoms. The van der Waals surface area contributed by atoms with Crippen molar-refractivity contribution >= 4 is 17.5 Å². The first-order valence-corrected chi connectivity index (χ1v) is 5.32. The molecule has 0 unspecified atom stereocenters. The van der Waals surface area contributed by atoms with E-state index in [0.29, 0.717) is 6.54 Å². The highest BCUT2D eigenvalue weighted by Gasteiger charge is 2.18. The largest absolute Gasteiger partial charge is 0.478 e. The van der Waals surface area contributed by atoms with Crippen LogP contribution >= 0.6 is 0 Å². The number of rotatable bonds is 7. The van der Waals surface area contributed by atoms with Crippen LogP contribution in [-0.2, 0) is 0 Å². The number of nitrogens with zero attached hydrogens (tertiary/aromatic N) is 2. The minimum absolute atomic E-state index is 0.0844. The number of anilines is 1. The standard InChI is InChI=1S/C10H14N4O4/c1-11-3-2-4-12-9-8(14(17)18)5-7(6-13-9)10(15)16/h5-6,11H,2-4H2,1H3,(H,12,13)(H,15,16). The predicted octanol–water partition coefficient (Wildman–Crippen LogP) is 0.709. The van der Waals surface area contributed by atoms with Gasteiger partial charge in [0.2, 0.25) is 5.82 Å². The Hall–Kier alpha value is -2.22. The molecule has 8 nitrogen and oxygen atoms in total. The van der Waals surface area contributed by atoms with Crippen molar-refractivity contribution in [2.75, 3.05) is 25.5 Å². The van der Waals surface area contributed by atoms with E-state index in [9.17, 15) is 14.9 Å². The lowest BCUT2D eigenvalue weighted by atomic mass is 10.2. The Balaban J connectivity index is 2.83. The molecule has 1 heterocycles. The van der Waals surface area contributed by atoms with Gasteiger partial charge in [0.1, 0.15) is 0 Å². The summed E-state index contributed by atoms with van der Waals surface area (Å²) >= 11 is 0. The van der Waals surface area contributed by atoms with Gasteiger partial charge in [-0.05, 0) is 20.0 Å². The van der Waals surface area contributed by atoms with Crippen molar-refractivity contribution in [3.05, 3.63) is 27.9 Å². The second-order valence-corrected chi connectivity index (χ2v) is 3.54. The van der Waals surface area contributed by atoms with E-state index in [0.717, 1.165) is 25.2 Å². The molecular weight excluding hydrogens is 240 g/mol. The number of pyridine rings is 1. The average Bonchev–Trinajstić information content (AvgIpc) is 2.34. The van der Waals surface area contributed by atoms with Gasteiger partial charge in [0.15, 0.2) is 0 Å². The van der Waals surface area contributed by atoms with E-state index < -0.39 is 10.9 Å². The van der Waals surface area contributed by atoms with Crippen LogP contribution in [0.25, 0.3) is 0 Å². The molecule has 1 rings (SSSR count). The number of hydrogen-bond acceptors (Lipinski definition) is 6. The molecule has 8 heteroatoms. The van der Waals surface area contributed by atoms with Gasteiger partial charge < -0.3 is 15.7 Å². The lowest BCUT2D eigenvalue weighted by Gasteiger charge is -2.06. The van der Waals surface area contributed by atoms with Crippen molar-refractivity contribution < 1.29 is 14.8 Å². The number of nitro groups is 1. The number of hydrogen-bond donors (Lipinski definition) is 3. The number of carbonyl (C=O) groups is 1. The molecule has 0 saturated heterocycles. The third kappa shape index (κ3) is 3.67. The topological polar surface area (TPSA) is 117 Å². The van der Waals surface area contributed by atoms with Crippen LogP contribution in [0.4, 0.5) is 11.5 Å². The third-order valence-corrected chi connectivity index (χ3v) is 2.21. The summed E-state index contributed by atoms with van der Waals surface area (Å²) in [5.41, 5.74) is -0.540. The van der Waals surface area contributed by atoms with Crippen LogP contribution in [0.15, 0.2) is 12.3 Å². The van der Waals surface area contributed by atoms with Crippen LogP contribution in [0.1, 0.15) is 16.8 Å². The quantitative estimate of drug-likeness (QED) is 0.372. The summed E-state index contributed by atoms with van der Waals surface area (Å²) < 4.78 is 0. The van der Waals surface area contributed by atoms with Crippen molar-refractivity contribution in [2.45, 2.75) is 6.42 Å². The minimum Gasteiger partial charge on any atom is -0.478 e. The van der Waals surface area contributed by atoms with Gasteiger partial charge in [-0.25, -0.2) is 9.78 Å². The second kappa shape index (κ2) is 6.50. The summed E-state index contributed by atoms with van der Waals surface area (Å²) in [6, 6.07) is 0.996. The molecule has 0 bridgehead atoms. The van der Waals surface area contributed by atoms with Crippen LogP contribution in [0.3, 0.4) is 0 Å². The fourth-order valence-electron chi connectivity index (χ4n) is 1.32. The van der Waals surface area contributed by atoms with Gasteiger partial charge in [0, 0.05) is 18.8 Å². The van der Waals surface area contributed by atoms with Crippen molar-refractivity contribution in [2.24, 2.45) is 0 Å². The highest BCUT2D eigenvalue weighted by atomic mass is 16.6. The molecule has 0 atom stereocenters. The maximum Gasteiger partial charge on any atom is 0.337 e. The van der Waals surface area contributed by atoms with Crippen molar-refractivity contribution in [3.63, 3.8) is 0 Å². The molecule has 0 aromatic carbocycles. The van der Waals surface area contributed by atoms with Gasteiger partial charge in [-0.3, -0.25) is 10.1 Å². The highest BCUT2D eigenvalue weighted by Crippen LogP contribution is 2.22. The van der Waals surface area contributed by atoms with Crippen molar-refractivity contribution in [1.29, 1.82) is 0 Å². The minimum atomic E-state index is -1.24. The first-order chi connectivity index (χ1) is 8.56. The predicted molar refractivity (Wildman–Crippen MR) is 64.9 cm³/mol. The van der Waals surface area contributed by atoms with Gasteiger partial charge in [-0.1, -0.05) is 0 Å². The monoisotopic (exact) mass is 254 g/mol. The summed E-state index contributed by atoms with van der Waals surface area (Å²) in [5.74, 6) is -1.16. The van der Waals surface area contributed by atoms with Crippen LogP contribution in [0.2, 0.25) is 0 Å². The van der Waals surface area contributed by atoms with E-state index in [4.69, 9.17) is 5.11 Å². The van der Waals surface area contributed by atoms with Gasteiger partial charge in [0.25, 0.3) is 0 Å². The van der Waals surface area contributed by atoms with Crippen molar-refractivity contribution in [3.8, 4) is 0 Å². The molecule has 0 amide bonds. The molecule has 0 radical (unpaired) electrons. The Kier molecular flexibility index (Phi) is 5.00. The maximum absolute atomic E-state index is 10.8. The number of carboxylic acids is 1. The zero-order chi connectivity index (χ0) is 13.5. The van der Waals surface area contributed by atoms with E-state index in [1.807, 2.05) is 7.05 Å². The molecule has 98 valence electrons. The Morgan fingerprint density at radius 2 is 2.28 bits per heavy atom. The second-order valence-electron chi connectivity index (χ2n) is 3.54. The maximum atomic E-state index is 10.8. The number of aromatic carboxylic acids is 1. The average molecular weight is 254 g/mol.